The van der Waals surface area contributed by atoms with E-state index in [4.69, 9.17) is 15.0 Å². The van der Waals surface area contributed by atoms with Gasteiger partial charge in [0.1, 0.15) is 0 Å². The summed E-state index contributed by atoms with van der Waals surface area (Å²) in [6, 6.07) is 46.6. The summed E-state index contributed by atoms with van der Waals surface area (Å²) in [7, 11) is 0. The molecule has 196 valence electrons. The number of rotatable bonds is 3. The Balaban J connectivity index is 1.40. The van der Waals surface area contributed by atoms with E-state index in [1.807, 2.05) is 72.0 Å². The van der Waals surface area contributed by atoms with Crippen molar-refractivity contribution >= 4 is 64.1 Å². The van der Waals surface area contributed by atoms with Crippen LogP contribution in [0.2, 0.25) is 0 Å². The Morgan fingerprint density at radius 1 is 0.452 bits per heavy atom. The predicted octanol–water partition coefficient (Wildman–Crippen LogP) is 9.82. The van der Waals surface area contributed by atoms with Crippen LogP contribution < -0.4 is 0 Å². The van der Waals surface area contributed by atoms with E-state index in [2.05, 4.69) is 77.4 Å². The van der Waals surface area contributed by atoms with Gasteiger partial charge in [-0.1, -0.05) is 103 Å². The first-order valence-corrected chi connectivity index (χ1v) is 14.8. The van der Waals surface area contributed by atoms with Crippen molar-refractivity contribution in [1.82, 2.24) is 19.5 Å². The van der Waals surface area contributed by atoms with Crippen molar-refractivity contribution in [3.05, 3.63) is 133 Å². The Morgan fingerprint density at radius 2 is 1.07 bits per heavy atom. The third kappa shape index (κ3) is 3.51. The molecule has 0 bridgehead atoms. The summed E-state index contributed by atoms with van der Waals surface area (Å²) in [5.41, 5.74) is 4.07. The lowest BCUT2D eigenvalue weighted by atomic mass is 10.0. The van der Waals surface area contributed by atoms with Gasteiger partial charge in [-0.15, -0.1) is 11.3 Å². The van der Waals surface area contributed by atoms with Crippen molar-refractivity contribution in [2.24, 2.45) is 0 Å². The number of nitrogens with zero attached hydrogens (tertiary/aromatic N) is 4. The lowest BCUT2D eigenvalue weighted by molar-refractivity contribution is 0.953. The van der Waals surface area contributed by atoms with E-state index in [9.17, 15) is 0 Å². The molecule has 4 nitrogen and oxygen atoms in total. The molecule has 0 unspecified atom stereocenters. The van der Waals surface area contributed by atoms with E-state index >= 15 is 0 Å². The van der Waals surface area contributed by atoms with Gasteiger partial charge in [-0.2, -0.15) is 9.97 Å². The molecule has 0 aliphatic rings. The highest BCUT2D eigenvalue weighted by atomic mass is 32.1. The van der Waals surface area contributed by atoms with Crippen LogP contribution in [0, 0.1) is 0 Å². The minimum atomic E-state index is 0.609. The molecule has 0 aliphatic heterocycles. The zero-order valence-electron chi connectivity index (χ0n) is 22.4. The number of aromatic nitrogens is 4. The highest BCUT2D eigenvalue weighted by Gasteiger charge is 2.21. The molecule has 0 N–H and O–H groups in total. The lowest BCUT2D eigenvalue weighted by Crippen LogP contribution is -2.06. The molecule has 0 saturated heterocycles. The number of para-hydroxylation sites is 1. The lowest BCUT2D eigenvalue weighted by Gasteiger charge is -2.10. The molecule has 3 aromatic heterocycles. The molecule has 0 atom stereocenters. The molecule has 0 saturated carbocycles. The van der Waals surface area contributed by atoms with Crippen molar-refractivity contribution in [2.75, 3.05) is 0 Å². The van der Waals surface area contributed by atoms with Gasteiger partial charge in [0.2, 0.25) is 5.95 Å². The second kappa shape index (κ2) is 9.06. The Morgan fingerprint density at radius 3 is 1.79 bits per heavy atom. The fraction of sp³-hybridized carbons (Fsp3) is 0. The minimum Gasteiger partial charge on any atom is -0.278 e. The van der Waals surface area contributed by atoms with Crippen LogP contribution in [0.15, 0.2) is 133 Å². The normalized spacial score (nSPS) is 11.8. The van der Waals surface area contributed by atoms with E-state index in [-0.39, 0.29) is 0 Å². The summed E-state index contributed by atoms with van der Waals surface area (Å²) in [4.78, 5) is 15.1. The van der Waals surface area contributed by atoms with Gasteiger partial charge in [0, 0.05) is 42.1 Å². The Labute approximate surface area is 245 Å². The maximum atomic E-state index is 5.09. The quantitative estimate of drug-likeness (QED) is 0.218. The van der Waals surface area contributed by atoms with Crippen molar-refractivity contribution in [1.29, 1.82) is 0 Å². The second-order valence-corrected chi connectivity index (χ2v) is 11.6. The fourth-order valence-electron chi connectivity index (χ4n) is 6.12. The maximum absolute atomic E-state index is 5.09. The van der Waals surface area contributed by atoms with Gasteiger partial charge in [-0.05, 0) is 41.1 Å². The van der Waals surface area contributed by atoms with Gasteiger partial charge in [-0.3, -0.25) is 4.57 Å². The standard InChI is InChI=1S/C37H22N4S/c1-3-11-23(12-4-1)35-38-36(24-13-5-2-6-14-24)40-37(39-35)41-29-18-10-9-17-27(29)33-30(41)19-20-31-34(33)28-21-25-15-7-8-16-26(25)22-32(28)42-31/h1-22H. The van der Waals surface area contributed by atoms with Crippen LogP contribution >= 0.6 is 11.3 Å². The minimum absolute atomic E-state index is 0.609. The first-order chi connectivity index (χ1) is 20.8. The van der Waals surface area contributed by atoms with Crippen molar-refractivity contribution in [3.8, 4) is 28.7 Å². The zero-order chi connectivity index (χ0) is 27.6. The molecule has 0 amide bonds. The first kappa shape index (κ1) is 23.3. The van der Waals surface area contributed by atoms with Crippen LogP contribution in [-0.2, 0) is 0 Å². The van der Waals surface area contributed by atoms with Crippen LogP contribution in [0.4, 0.5) is 0 Å². The predicted molar refractivity (Wildman–Crippen MR) is 175 cm³/mol. The fourth-order valence-corrected chi connectivity index (χ4v) is 7.27. The van der Waals surface area contributed by atoms with Gasteiger partial charge in [0.25, 0.3) is 0 Å². The highest BCUT2D eigenvalue weighted by molar-refractivity contribution is 7.26. The zero-order valence-corrected chi connectivity index (χ0v) is 23.2. The smallest absolute Gasteiger partial charge is 0.238 e. The molecule has 0 spiro atoms. The SMILES string of the molecule is c1ccc(-c2nc(-c3ccccc3)nc(-n3c4ccccc4c4c5c(ccc43)sc3cc4ccccc4cc35)n2)cc1. The molecule has 9 rings (SSSR count). The largest absolute Gasteiger partial charge is 0.278 e. The van der Waals surface area contributed by atoms with Gasteiger partial charge in [0.15, 0.2) is 11.6 Å². The highest BCUT2D eigenvalue weighted by Crippen LogP contribution is 2.44. The molecule has 0 fully saturated rings. The number of thiophene rings is 1. The maximum Gasteiger partial charge on any atom is 0.238 e. The van der Waals surface area contributed by atoms with Crippen LogP contribution in [0.5, 0.6) is 0 Å². The van der Waals surface area contributed by atoms with Gasteiger partial charge in [0.05, 0.1) is 11.0 Å². The number of benzene rings is 6. The number of hydrogen-bond acceptors (Lipinski definition) is 4. The molecule has 0 radical (unpaired) electrons. The van der Waals surface area contributed by atoms with Crippen molar-refractivity contribution in [2.45, 2.75) is 0 Å². The average molecular weight is 555 g/mol. The van der Waals surface area contributed by atoms with Crippen molar-refractivity contribution in [3.63, 3.8) is 0 Å². The van der Waals surface area contributed by atoms with E-state index < -0.39 is 0 Å². The van der Waals surface area contributed by atoms with Crippen LogP contribution in [-0.4, -0.2) is 19.5 Å². The Bertz CT molecular complexity index is 2400. The van der Waals surface area contributed by atoms with Gasteiger partial charge >= 0.3 is 0 Å². The summed E-state index contributed by atoms with van der Waals surface area (Å²) in [5, 5.41) is 7.51. The molecule has 5 heteroatoms. The number of fused-ring (bicyclic) bond motifs is 8. The Hall–Kier alpha value is -5.39. The van der Waals surface area contributed by atoms with E-state index in [1.54, 1.807) is 0 Å². The molecular weight excluding hydrogens is 533 g/mol. The molecule has 3 heterocycles. The molecule has 6 aromatic carbocycles. The first-order valence-electron chi connectivity index (χ1n) is 14.0. The second-order valence-electron chi connectivity index (χ2n) is 10.5. The topological polar surface area (TPSA) is 43.6 Å². The van der Waals surface area contributed by atoms with Gasteiger partial charge < -0.3 is 0 Å². The molecular formula is C37H22N4S. The molecule has 0 aliphatic carbocycles. The third-order valence-electron chi connectivity index (χ3n) is 8.03. The van der Waals surface area contributed by atoms with E-state index in [1.165, 1.54) is 41.7 Å². The molecule has 42 heavy (non-hydrogen) atoms. The third-order valence-corrected chi connectivity index (χ3v) is 9.14. The van der Waals surface area contributed by atoms with Crippen LogP contribution in [0.1, 0.15) is 0 Å². The molecule has 9 aromatic rings. The number of hydrogen-bond donors (Lipinski definition) is 0. The average Bonchev–Trinajstić information content (AvgIpc) is 3.59. The van der Waals surface area contributed by atoms with E-state index in [0.29, 0.717) is 17.6 Å². The summed E-state index contributed by atoms with van der Waals surface area (Å²) in [5.74, 6) is 1.91. The summed E-state index contributed by atoms with van der Waals surface area (Å²) < 4.78 is 4.78. The van der Waals surface area contributed by atoms with Crippen LogP contribution in [0.25, 0.3) is 81.5 Å². The summed E-state index contributed by atoms with van der Waals surface area (Å²) in [6.45, 7) is 0. The van der Waals surface area contributed by atoms with E-state index in [0.717, 1.165) is 22.2 Å². The Kier molecular flexibility index (Phi) is 5.03. The van der Waals surface area contributed by atoms with Crippen LogP contribution in [0.3, 0.4) is 0 Å². The summed E-state index contributed by atoms with van der Waals surface area (Å²) in [6.07, 6.45) is 0. The summed E-state index contributed by atoms with van der Waals surface area (Å²) >= 11 is 1.85. The van der Waals surface area contributed by atoms with Gasteiger partial charge in [-0.25, -0.2) is 4.98 Å². The monoisotopic (exact) mass is 554 g/mol. The van der Waals surface area contributed by atoms with Crippen molar-refractivity contribution < 1.29 is 0 Å².